The molecule has 0 radical (unpaired) electrons. The van der Waals surface area contributed by atoms with E-state index in [0.29, 0.717) is 35.7 Å². The zero-order valence-electron chi connectivity index (χ0n) is 20.0. The van der Waals surface area contributed by atoms with Crippen LogP contribution < -0.4 is 27.2 Å². The Labute approximate surface area is 200 Å². The SMILES string of the molecule is CCNC(=O)c1cc(NC(=O)NCCCCN(C)Cc2ccc(F)cc2)cc(C(=NC)NN)c1. The van der Waals surface area contributed by atoms with Crippen LogP contribution in [0.5, 0.6) is 0 Å². The Balaban J connectivity index is 1.84. The Bertz CT molecular complexity index is 980. The van der Waals surface area contributed by atoms with E-state index in [1.54, 1.807) is 37.4 Å². The number of amides is 3. The lowest BCUT2D eigenvalue weighted by Crippen LogP contribution is -2.32. The van der Waals surface area contributed by atoms with Gasteiger partial charge in [-0.15, -0.1) is 0 Å². The van der Waals surface area contributed by atoms with Crippen molar-refractivity contribution >= 4 is 23.5 Å². The Kier molecular flexibility index (Phi) is 10.9. The normalized spacial score (nSPS) is 11.3. The second-order valence-electron chi connectivity index (χ2n) is 7.83. The average Bonchev–Trinajstić information content (AvgIpc) is 2.81. The molecule has 0 bridgehead atoms. The molecular formula is C24H34FN7O2. The van der Waals surface area contributed by atoms with Gasteiger partial charge in [0, 0.05) is 43.5 Å². The van der Waals surface area contributed by atoms with Crippen molar-refractivity contribution < 1.29 is 14.0 Å². The molecule has 2 aromatic rings. The number of rotatable bonds is 11. The van der Waals surface area contributed by atoms with Crippen LogP contribution in [0.3, 0.4) is 0 Å². The fourth-order valence-electron chi connectivity index (χ4n) is 3.37. The number of aliphatic imine (C=N–C) groups is 1. The van der Waals surface area contributed by atoms with Gasteiger partial charge >= 0.3 is 6.03 Å². The highest BCUT2D eigenvalue weighted by atomic mass is 19.1. The van der Waals surface area contributed by atoms with E-state index in [0.717, 1.165) is 31.5 Å². The van der Waals surface area contributed by atoms with Crippen LogP contribution in [0.15, 0.2) is 47.5 Å². The van der Waals surface area contributed by atoms with Gasteiger partial charge in [-0.1, -0.05) is 12.1 Å². The van der Waals surface area contributed by atoms with Crippen molar-refractivity contribution in [2.45, 2.75) is 26.3 Å². The Morgan fingerprint density at radius 3 is 2.41 bits per heavy atom. The molecule has 0 fully saturated rings. The molecule has 10 heteroatoms. The maximum atomic E-state index is 13.0. The quantitative estimate of drug-likeness (QED) is 0.113. The molecule has 0 aliphatic rings. The van der Waals surface area contributed by atoms with Gasteiger partial charge in [0.25, 0.3) is 5.91 Å². The lowest BCUT2D eigenvalue weighted by molar-refractivity contribution is 0.0955. The summed E-state index contributed by atoms with van der Waals surface area (Å²) >= 11 is 0. The van der Waals surface area contributed by atoms with Crippen molar-refractivity contribution in [1.29, 1.82) is 0 Å². The van der Waals surface area contributed by atoms with E-state index in [1.807, 2.05) is 14.0 Å². The summed E-state index contributed by atoms with van der Waals surface area (Å²) in [7, 11) is 3.58. The molecule has 2 rings (SSSR count). The minimum atomic E-state index is -0.366. The molecular weight excluding hydrogens is 437 g/mol. The topological polar surface area (TPSA) is 124 Å². The second kappa shape index (κ2) is 13.9. The van der Waals surface area contributed by atoms with Gasteiger partial charge in [0.1, 0.15) is 11.7 Å². The van der Waals surface area contributed by atoms with Gasteiger partial charge in [-0.05, 0) is 69.3 Å². The molecule has 184 valence electrons. The summed E-state index contributed by atoms with van der Waals surface area (Å²) in [5.41, 5.74) is 4.96. The Morgan fingerprint density at radius 1 is 1.06 bits per heavy atom. The van der Waals surface area contributed by atoms with Gasteiger partial charge < -0.3 is 26.3 Å². The van der Waals surface area contributed by atoms with Crippen LogP contribution >= 0.6 is 0 Å². The van der Waals surface area contributed by atoms with Gasteiger partial charge in [-0.2, -0.15) is 0 Å². The van der Waals surface area contributed by atoms with E-state index in [-0.39, 0.29) is 17.8 Å². The average molecular weight is 472 g/mol. The number of carbonyl (C=O) groups is 2. The molecule has 3 amide bonds. The Morgan fingerprint density at radius 2 is 1.76 bits per heavy atom. The first-order chi connectivity index (χ1) is 16.4. The van der Waals surface area contributed by atoms with E-state index >= 15 is 0 Å². The fraction of sp³-hybridized carbons (Fsp3) is 0.375. The van der Waals surface area contributed by atoms with Crippen molar-refractivity contribution in [2.24, 2.45) is 10.8 Å². The predicted octanol–water partition coefficient (Wildman–Crippen LogP) is 2.45. The molecule has 6 N–H and O–H groups in total. The minimum Gasteiger partial charge on any atom is -0.352 e. The highest BCUT2D eigenvalue weighted by Crippen LogP contribution is 2.16. The van der Waals surface area contributed by atoms with E-state index in [1.165, 1.54) is 12.1 Å². The second-order valence-corrected chi connectivity index (χ2v) is 7.83. The molecule has 34 heavy (non-hydrogen) atoms. The fourth-order valence-corrected chi connectivity index (χ4v) is 3.37. The van der Waals surface area contributed by atoms with Gasteiger partial charge in [0.15, 0.2) is 0 Å². The number of urea groups is 1. The van der Waals surface area contributed by atoms with Crippen LogP contribution in [0.25, 0.3) is 0 Å². The van der Waals surface area contributed by atoms with E-state index in [4.69, 9.17) is 5.84 Å². The third-order valence-corrected chi connectivity index (χ3v) is 5.04. The van der Waals surface area contributed by atoms with E-state index in [9.17, 15) is 14.0 Å². The van der Waals surface area contributed by atoms with Crippen LogP contribution in [-0.4, -0.2) is 56.4 Å². The highest BCUT2D eigenvalue weighted by Gasteiger charge is 2.12. The number of nitrogens with one attached hydrogen (secondary N) is 4. The molecule has 0 aromatic heterocycles. The molecule has 9 nitrogen and oxygen atoms in total. The molecule has 0 atom stereocenters. The standard InChI is InChI=1S/C24H34FN7O2/c1-4-28-23(33)19-13-18(22(27-2)31-26)14-21(15-19)30-24(34)29-11-5-6-12-32(3)16-17-7-9-20(25)10-8-17/h7-10,13-15H,4-6,11-12,16,26H2,1-3H3,(H,27,31)(H,28,33)(H2,29,30,34). The molecule has 0 aliphatic carbocycles. The number of hydrogen-bond donors (Lipinski definition) is 5. The number of carbonyl (C=O) groups excluding carboxylic acids is 2. The molecule has 0 saturated heterocycles. The highest BCUT2D eigenvalue weighted by molar-refractivity contribution is 6.04. The third kappa shape index (κ3) is 8.80. The zero-order valence-corrected chi connectivity index (χ0v) is 20.0. The Hall–Kier alpha value is -3.50. The van der Waals surface area contributed by atoms with Gasteiger partial charge in [-0.3, -0.25) is 9.79 Å². The lowest BCUT2D eigenvalue weighted by Gasteiger charge is -2.17. The first-order valence-electron chi connectivity index (χ1n) is 11.2. The van der Waals surface area contributed by atoms with Crippen LogP contribution in [-0.2, 0) is 6.54 Å². The van der Waals surface area contributed by atoms with Crippen molar-refractivity contribution in [3.63, 3.8) is 0 Å². The van der Waals surface area contributed by atoms with E-state index < -0.39 is 0 Å². The zero-order chi connectivity index (χ0) is 24.9. The molecule has 0 unspecified atom stereocenters. The van der Waals surface area contributed by atoms with Crippen LogP contribution in [0.2, 0.25) is 0 Å². The summed E-state index contributed by atoms with van der Waals surface area (Å²) in [6.45, 7) is 4.40. The molecule has 0 spiro atoms. The van der Waals surface area contributed by atoms with Crippen LogP contribution in [0.1, 0.15) is 41.3 Å². The van der Waals surface area contributed by atoms with Crippen molar-refractivity contribution in [1.82, 2.24) is 21.0 Å². The number of hydrogen-bond acceptors (Lipinski definition) is 5. The van der Waals surface area contributed by atoms with Crippen molar-refractivity contribution in [3.8, 4) is 0 Å². The van der Waals surface area contributed by atoms with Crippen molar-refractivity contribution in [2.75, 3.05) is 39.0 Å². The molecule has 2 aromatic carbocycles. The number of unbranched alkanes of at least 4 members (excludes halogenated alkanes) is 1. The third-order valence-electron chi connectivity index (χ3n) is 5.04. The van der Waals surface area contributed by atoms with Crippen molar-refractivity contribution in [3.05, 3.63) is 65.0 Å². The molecule has 0 saturated carbocycles. The summed E-state index contributed by atoms with van der Waals surface area (Å²) in [6, 6.07) is 11.1. The molecule has 0 heterocycles. The first kappa shape index (κ1) is 26.7. The van der Waals surface area contributed by atoms with Crippen LogP contribution in [0.4, 0.5) is 14.9 Å². The van der Waals surface area contributed by atoms with Crippen LogP contribution in [0, 0.1) is 5.82 Å². The van der Waals surface area contributed by atoms with Gasteiger partial charge in [0.05, 0.1) is 0 Å². The number of halogens is 1. The number of nitrogens with zero attached hydrogens (tertiary/aromatic N) is 2. The lowest BCUT2D eigenvalue weighted by atomic mass is 10.1. The summed E-state index contributed by atoms with van der Waals surface area (Å²) in [5, 5.41) is 8.34. The van der Waals surface area contributed by atoms with E-state index in [2.05, 4.69) is 31.3 Å². The molecule has 0 aliphatic heterocycles. The summed E-state index contributed by atoms with van der Waals surface area (Å²) in [6.07, 6.45) is 1.70. The maximum Gasteiger partial charge on any atom is 0.319 e. The van der Waals surface area contributed by atoms with Gasteiger partial charge in [-0.25, -0.2) is 15.0 Å². The van der Waals surface area contributed by atoms with Gasteiger partial charge in [0.2, 0.25) is 0 Å². The number of amidine groups is 1. The summed E-state index contributed by atoms with van der Waals surface area (Å²) < 4.78 is 13.0. The predicted molar refractivity (Wildman–Crippen MR) is 133 cm³/mol. The number of nitrogens with two attached hydrogens (primary N) is 1. The number of hydrazine groups is 1. The maximum absolute atomic E-state index is 13.0. The largest absolute Gasteiger partial charge is 0.352 e. The summed E-state index contributed by atoms with van der Waals surface area (Å²) in [5.74, 6) is 5.41. The minimum absolute atomic E-state index is 0.238. The summed E-state index contributed by atoms with van der Waals surface area (Å²) in [4.78, 5) is 30.9. The smallest absolute Gasteiger partial charge is 0.319 e. The number of benzene rings is 2. The first-order valence-corrected chi connectivity index (χ1v) is 11.2. The monoisotopic (exact) mass is 471 g/mol. The number of anilines is 1.